The van der Waals surface area contributed by atoms with Crippen LogP contribution in [-0.4, -0.2) is 55.1 Å². The molecule has 2 amide bonds. The van der Waals surface area contributed by atoms with Crippen molar-refractivity contribution in [3.63, 3.8) is 0 Å². The monoisotopic (exact) mass is 451 g/mol. The maximum atomic E-state index is 13.3. The third-order valence-corrected chi connectivity index (χ3v) is 7.98. The highest BCUT2D eigenvalue weighted by Crippen LogP contribution is 2.30. The number of benzene rings is 2. The van der Waals surface area contributed by atoms with Gasteiger partial charge in [0.15, 0.2) is 9.84 Å². The standard InChI is InChI=1S/C24H25N3O4S/c28-23(25-12-5-6-13-25)16-26-15-22(19-8-2-4-10-21(19)26)32(30,31)17-24(29)27-14-11-18-7-1-3-9-20(18)27/h1-4,7-10,15H,5-6,11-14,16-17H2. The lowest BCUT2D eigenvalue weighted by Gasteiger charge is -2.17. The maximum Gasteiger partial charge on any atom is 0.242 e. The van der Waals surface area contributed by atoms with Crippen LogP contribution in [0, 0.1) is 0 Å². The summed E-state index contributed by atoms with van der Waals surface area (Å²) in [6.07, 6.45) is 4.23. The number of aromatic nitrogens is 1. The summed E-state index contributed by atoms with van der Waals surface area (Å²) in [5.74, 6) is -1.05. The molecule has 1 fully saturated rings. The molecule has 7 nitrogen and oxygen atoms in total. The van der Waals surface area contributed by atoms with Crippen molar-refractivity contribution in [1.82, 2.24) is 9.47 Å². The summed E-state index contributed by atoms with van der Waals surface area (Å²) < 4.78 is 28.3. The molecule has 1 aromatic heterocycles. The van der Waals surface area contributed by atoms with Gasteiger partial charge in [0.05, 0.1) is 4.90 Å². The van der Waals surface area contributed by atoms with E-state index >= 15 is 0 Å². The van der Waals surface area contributed by atoms with Crippen LogP contribution in [0.25, 0.3) is 10.9 Å². The van der Waals surface area contributed by atoms with Gasteiger partial charge >= 0.3 is 0 Å². The minimum atomic E-state index is -3.90. The van der Waals surface area contributed by atoms with Gasteiger partial charge in [-0.3, -0.25) is 9.59 Å². The number of para-hydroxylation sites is 2. The van der Waals surface area contributed by atoms with Crippen LogP contribution in [0.2, 0.25) is 0 Å². The molecule has 166 valence electrons. The van der Waals surface area contributed by atoms with Crippen molar-refractivity contribution in [2.75, 3.05) is 30.3 Å². The molecule has 1 saturated heterocycles. The highest BCUT2D eigenvalue weighted by Gasteiger charge is 2.31. The van der Waals surface area contributed by atoms with Crippen LogP contribution in [0.3, 0.4) is 0 Å². The molecule has 2 aliphatic heterocycles. The zero-order valence-corrected chi connectivity index (χ0v) is 18.6. The molecule has 32 heavy (non-hydrogen) atoms. The van der Waals surface area contributed by atoms with Gasteiger partial charge in [0.2, 0.25) is 11.8 Å². The van der Waals surface area contributed by atoms with E-state index in [9.17, 15) is 18.0 Å². The van der Waals surface area contributed by atoms with Crippen molar-refractivity contribution in [3.8, 4) is 0 Å². The predicted octanol–water partition coefficient (Wildman–Crippen LogP) is 2.63. The molecule has 0 N–H and O–H groups in total. The quantitative estimate of drug-likeness (QED) is 0.597. The largest absolute Gasteiger partial charge is 0.341 e. The lowest BCUT2D eigenvalue weighted by Crippen LogP contribution is -2.34. The average molecular weight is 452 g/mol. The Balaban J connectivity index is 1.43. The molecule has 2 aromatic carbocycles. The summed E-state index contributed by atoms with van der Waals surface area (Å²) >= 11 is 0. The Morgan fingerprint density at radius 2 is 1.59 bits per heavy atom. The summed E-state index contributed by atoms with van der Waals surface area (Å²) in [6, 6.07) is 14.7. The normalized spacial score (nSPS) is 16.0. The first-order valence-electron chi connectivity index (χ1n) is 10.9. The van der Waals surface area contributed by atoms with E-state index in [-0.39, 0.29) is 17.3 Å². The molecule has 0 aliphatic carbocycles. The minimum Gasteiger partial charge on any atom is -0.341 e. The zero-order chi connectivity index (χ0) is 22.3. The van der Waals surface area contributed by atoms with Crippen molar-refractivity contribution < 1.29 is 18.0 Å². The Kier molecular flexibility index (Phi) is 5.25. The van der Waals surface area contributed by atoms with Gasteiger partial charge in [-0.2, -0.15) is 0 Å². The van der Waals surface area contributed by atoms with E-state index in [1.165, 1.54) is 6.20 Å². The first-order chi connectivity index (χ1) is 15.4. The second-order valence-electron chi connectivity index (χ2n) is 8.41. The van der Waals surface area contributed by atoms with Crippen molar-refractivity contribution in [2.24, 2.45) is 0 Å². The number of carbonyl (C=O) groups excluding carboxylic acids is 2. The molecular weight excluding hydrogens is 426 g/mol. The number of likely N-dealkylation sites (tertiary alicyclic amines) is 1. The fraction of sp³-hybridized carbons (Fsp3) is 0.333. The van der Waals surface area contributed by atoms with Crippen LogP contribution in [-0.2, 0) is 32.4 Å². The summed E-state index contributed by atoms with van der Waals surface area (Å²) in [5.41, 5.74) is 2.51. The molecule has 3 aromatic rings. The van der Waals surface area contributed by atoms with Gasteiger partial charge in [0.25, 0.3) is 0 Å². The third kappa shape index (κ3) is 3.68. The topological polar surface area (TPSA) is 79.7 Å². The fourth-order valence-electron chi connectivity index (χ4n) is 4.72. The van der Waals surface area contributed by atoms with E-state index in [1.807, 2.05) is 41.3 Å². The average Bonchev–Trinajstić information content (AvgIpc) is 3.52. The van der Waals surface area contributed by atoms with Crippen molar-refractivity contribution in [3.05, 3.63) is 60.3 Å². The number of sulfone groups is 1. The highest BCUT2D eigenvalue weighted by molar-refractivity contribution is 7.92. The van der Waals surface area contributed by atoms with E-state index in [1.54, 1.807) is 21.6 Å². The number of anilines is 1. The molecular formula is C24H25N3O4S. The van der Waals surface area contributed by atoms with Crippen molar-refractivity contribution in [1.29, 1.82) is 0 Å². The van der Waals surface area contributed by atoms with Crippen LogP contribution in [0.4, 0.5) is 5.69 Å². The lowest BCUT2D eigenvalue weighted by atomic mass is 10.2. The van der Waals surface area contributed by atoms with Crippen molar-refractivity contribution >= 4 is 38.2 Å². The predicted molar refractivity (Wildman–Crippen MR) is 122 cm³/mol. The first-order valence-corrected chi connectivity index (χ1v) is 12.6. The zero-order valence-electron chi connectivity index (χ0n) is 17.7. The van der Waals surface area contributed by atoms with Crippen LogP contribution in [0.15, 0.2) is 59.6 Å². The fourth-order valence-corrected chi connectivity index (χ4v) is 6.15. The number of hydrogen-bond donors (Lipinski definition) is 0. The molecule has 3 heterocycles. The van der Waals surface area contributed by atoms with Crippen LogP contribution < -0.4 is 4.90 Å². The molecule has 0 saturated carbocycles. The molecule has 5 rings (SSSR count). The third-order valence-electron chi connectivity index (χ3n) is 6.35. The molecule has 0 unspecified atom stereocenters. The number of fused-ring (bicyclic) bond motifs is 2. The summed E-state index contributed by atoms with van der Waals surface area (Å²) in [4.78, 5) is 29.1. The summed E-state index contributed by atoms with van der Waals surface area (Å²) in [5, 5.41) is 0.538. The van der Waals surface area contributed by atoms with Gasteiger partial charge in [-0.15, -0.1) is 0 Å². The van der Waals surface area contributed by atoms with E-state index in [0.29, 0.717) is 17.4 Å². The van der Waals surface area contributed by atoms with Gasteiger partial charge in [0, 0.05) is 42.4 Å². The Morgan fingerprint density at radius 3 is 2.41 bits per heavy atom. The molecule has 0 atom stereocenters. The van der Waals surface area contributed by atoms with Gasteiger partial charge in [0.1, 0.15) is 12.3 Å². The molecule has 0 radical (unpaired) electrons. The Morgan fingerprint density at radius 1 is 0.875 bits per heavy atom. The van der Waals surface area contributed by atoms with Gasteiger partial charge in [-0.1, -0.05) is 36.4 Å². The molecule has 0 bridgehead atoms. The van der Waals surface area contributed by atoms with E-state index in [4.69, 9.17) is 0 Å². The SMILES string of the molecule is O=C(Cn1cc(S(=O)(=O)CC(=O)N2CCc3ccccc32)c2ccccc21)N1CCCC1. The second kappa shape index (κ2) is 8.09. The maximum absolute atomic E-state index is 13.3. The summed E-state index contributed by atoms with van der Waals surface area (Å²) in [7, 11) is -3.90. The van der Waals surface area contributed by atoms with Gasteiger partial charge in [-0.05, 0) is 37.0 Å². The Hall–Kier alpha value is -3.13. The molecule has 2 aliphatic rings. The van der Waals surface area contributed by atoms with Crippen molar-refractivity contribution in [2.45, 2.75) is 30.7 Å². The minimum absolute atomic E-state index is 0.0167. The summed E-state index contributed by atoms with van der Waals surface area (Å²) in [6.45, 7) is 2.06. The second-order valence-corrected chi connectivity index (χ2v) is 10.4. The van der Waals surface area contributed by atoms with Crippen LogP contribution in [0.5, 0.6) is 0 Å². The number of hydrogen-bond acceptors (Lipinski definition) is 4. The number of rotatable bonds is 5. The Labute approximate surface area is 187 Å². The van der Waals surface area contributed by atoms with Gasteiger partial charge in [-0.25, -0.2) is 8.42 Å². The van der Waals surface area contributed by atoms with Crippen LogP contribution >= 0.6 is 0 Å². The number of carbonyl (C=O) groups is 2. The lowest BCUT2D eigenvalue weighted by molar-refractivity contribution is -0.130. The van der Waals surface area contributed by atoms with E-state index in [0.717, 1.165) is 43.6 Å². The Bertz CT molecular complexity index is 1310. The van der Waals surface area contributed by atoms with Crippen LogP contribution in [0.1, 0.15) is 18.4 Å². The van der Waals surface area contributed by atoms with E-state index in [2.05, 4.69) is 0 Å². The molecule has 8 heteroatoms. The number of nitrogens with zero attached hydrogens (tertiary/aromatic N) is 3. The number of amides is 2. The highest BCUT2D eigenvalue weighted by atomic mass is 32.2. The molecule has 0 spiro atoms. The first kappa shape index (κ1) is 20.8. The smallest absolute Gasteiger partial charge is 0.242 e. The van der Waals surface area contributed by atoms with E-state index < -0.39 is 21.5 Å². The van der Waals surface area contributed by atoms with Gasteiger partial charge < -0.3 is 14.4 Å².